The summed E-state index contributed by atoms with van der Waals surface area (Å²) >= 11 is 0. The van der Waals surface area contributed by atoms with Crippen molar-refractivity contribution < 1.29 is 37.4 Å². The first kappa shape index (κ1) is 27.8. The number of aliphatic carboxylic acids is 1. The van der Waals surface area contributed by atoms with Crippen LogP contribution < -0.4 is 9.46 Å². The summed E-state index contributed by atoms with van der Waals surface area (Å²) in [5.74, 6) is -1.74. The summed E-state index contributed by atoms with van der Waals surface area (Å²) in [6, 6.07) is 14.2. The van der Waals surface area contributed by atoms with E-state index in [1.807, 2.05) is 32.0 Å². The van der Waals surface area contributed by atoms with E-state index in [9.17, 15) is 22.8 Å². The highest BCUT2D eigenvalue weighted by Crippen LogP contribution is 2.64. The molecule has 0 spiro atoms. The van der Waals surface area contributed by atoms with E-state index in [2.05, 4.69) is 4.72 Å². The predicted molar refractivity (Wildman–Crippen MR) is 139 cm³/mol. The fourth-order valence-electron chi connectivity index (χ4n) is 5.80. The Labute approximate surface area is 222 Å². The first-order chi connectivity index (χ1) is 17.9. The Kier molecular flexibility index (Phi) is 7.94. The van der Waals surface area contributed by atoms with Crippen LogP contribution in [0.4, 0.5) is 0 Å². The number of carbonyl (C=O) groups is 3. The summed E-state index contributed by atoms with van der Waals surface area (Å²) in [6.07, 6.45) is 1.72. The van der Waals surface area contributed by atoms with E-state index in [0.29, 0.717) is 24.2 Å². The highest BCUT2D eigenvalue weighted by atomic mass is 32.2. The summed E-state index contributed by atoms with van der Waals surface area (Å²) in [5.41, 5.74) is -0.0241. The van der Waals surface area contributed by atoms with Crippen molar-refractivity contribution in [3.05, 3.63) is 65.7 Å². The lowest BCUT2D eigenvalue weighted by Crippen LogP contribution is -2.50. The third-order valence-corrected chi connectivity index (χ3v) is 9.65. The third kappa shape index (κ3) is 5.91. The molecule has 9 nitrogen and oxygen atoms in total. The molecule has 2 saturated carbocycles. The lowest BCUT2D eigenvalue weighted by molar-refractivity contribution is -0.147. The number of carboxylic acids is 1. The molecule has 1 unspecified atom stereocenters. The van der Waals surface area contributed by atoms with Gasteiger partial charge >= 0.3 is 11.9 Å². The number of benzene rings is 2. The molecule has 0 radical (unpaired) electrons. The average molecular weight is 544 g/mol. The number of rotatable bonds is 12. The fourth-order valence-corrected chi connectivity index (χ4v) is 7.82. The lowest BCUT2D eigenvalue weighted by Gasteiger charge is -2.36. The van der Waals surface area contributed by atoms with Crippen LogP contribution >= 0.6 is 0 Å². The number of esters is 1. The molecule has 3 atom stereocenters. The number of carbonyl (C=O) groups excluding carboxylic acids is 2. The van der Waals surface area contributed by atoms with E-state index in [1.54, 1.807) is 36.4 Å². The minimum Gasteiger partial charge on any atom is -0.482 e. The van der Waals surface area contributed by atoms with E-state index in [1.165, 1.54) is 0 Å². The van der Waals surface area contributed by atoms with Crippen LogP contribution in [0.25, 0.3) is 0 Å². The number of Topliss-reactive ketones (excluding diaryl/α,β-unsaturated/α-hetero) is 1. The second-order valence-electron chi connectivity index (χ2n) is 10.7. The van der Waals surface area contributed by atoms with Gasteiger partial charge in [0.2, 0.25) is 10.0 Å². The van der Waals surface area contributed by atoms with Gasteiger partial charge in [-0.3, -0.25) is 9.59 Å². The van der Waals surface area contributed by atoms with Crippen molar-refractivity contribution in [2.24, 2.45) is 16.7 Å². The maximum atomic E-state index is 13.4. The number of fused-ring (bicyclic) bond motifs is 2. The van der Waals surface area contributed by atoms with Crippen molar-refractivity contribution in [2.45, 2.75) is 52.2 Å². The minimum absolute atomic E-state index is 0.000964. The van der Waals surface area contributed by atoms with Crippen LogP contribution in [0.3, 0.4) is 0 Å². The number of hydrogen-bond acceptors (Lipinski definition) is 7. The van der Waals surface area contributed by atoms with Crippen molar-refractivity contribution in [1.82, 2.24) is 4.72 Å². The molecule has 2 bridgehead atoms. The summed E-state index contributed by atoms with van der Waals surface area (Å²) in [7, 11) is -4.05. The van der Waals surface area contributed by atoms with Gasteiger partial charge < -0.3 is 14.6 Å². The van der Waals surface area contributed by atoms with Crippen LogP contribution in [-0.2, 0) is 42.2 Å². The van der Waals surface area contributed by atoms with E-state index < -0.39 is 45.4 Å². The fraction of sp³-hybridized carbons (Fsp3) is 0.464. The third-order valence-electron chi connectivity index (χ3n) is 8.13. The smallest absolute Gasteiger partial charge is 0.341 e. The Balaban J connectivity index is 1.51. The summed E-state index contributed by atoms with van der Waals surface area (Å²) in [4.78, 5) is 36.8. The number of carboxylic acid groups (broad SMARTS) is 1. The van der Waals surface area contributed by atoms with Gasteiger partial charge in [0.05, 0.1) is 5.75 Å². The molecule has 2 aromatic rings. The molecule has 0 amide bonds. The lowest BCUT2D eigenvalue weighted by atomic mass is 9.70. The highest BCUT2D eigenvalue weighted by Gasteiger charge is 2.65. The van der Waals surface area contributed by atoms with Crippen LogP contribution in [-0.4, -0.2) is 49.6 Å². The van der Waals surface area contributed by atoms with E-state index >= 15 is 0 Å². The molecule has 2 aliphatic rings. The molecule has 0 aliphatic heterocycles. The quantitative estimate of drug-likeness (QED) is 0.390. The zero-order valence-electron chi connectivity index (χ0n) is 21.5. The first-order valence-corrected chi connectivity index (χ1v) is 14.2. The van der Waals surface area contributed by atoms with Crippen LogP contribution in [0.1, 0.15) is 44.2 Å². The van der Waals surface area contributed by atoms with E-state index in [4.69, 9.17) is 14.6 Å². The number of sulfonamides is 1. The van der Waals surface area contributed by atoms with Crippen molar-refractivity contribution in [1.29, 1.82) is 0 Å². The van der Waals surface area contributed by atoms with Crippen molar-refractivity contribution in [3.8, 4) is 5.75 Å². The van der Waals surface area contributed by atoms with Crippen LogP contribution in [0.15, 0.2) is 54.6 Å². The Morgan fingerprint density at radius 2 is 1.76 bits per heavy atom. The van der Waals surface area contributed by atoms with Crippen molar-refractivity contribution >= 4 is 27.7 Å². The zero-order valence-corrected chi connectivity index (χ0v) is 22.3. The molecular formula is C28H33NO8S. The average Bonchev–Trinajstić information content (AvgIpc) is 3.21. The zero-order chi connectivity index (χ0) is 27.6. The van der Waals surface area contributed by atoms with Crippen LogP contribution in [0.5, 0.6) is 5.75 Å². The molecule has 0 aromatic heterocycles. The van der Waals surface area contributed by atoms with Crippen LogP contribution in [0.2, 0.25) is 0 Å². The summed E-state index contributed by atoms with van der Waals surface area (Å²) in [5, 5.41) is 8.78. The first-order valence-electron chi connectivity index (χ1n) is 12.6. The van der Waals surface area contributed by atoms with Crippen molar-refractivity contribution in [3.63, 3.8) is 0 Å². The molecule has 2 N–H and O–H groups in total. The van der Waals surface area contributed by atoms with Gasteiger partial charge in [-0.25, -0.2) is 17.9 Å². The van der Waals surface area contributed by atoms with Gasteiger partial charge in [-0.15, -0.1) is 0 Å². The highest BCUT2D eigenvalue weighted by molar-refractivity contribution is 7.89. The molecule has 0 heterocycles. The Bertz CT molecular complexity index is 1290. The Hall–Kier alpha value is -3.24. The second-order valence-corrected chi connectivity index (χ2v) is 12.5. The molecule has 0 saturated heterocycles. The van der Waals surface area contributed by atoms with Crippen molar-refractivity contribution in [2.75, 3.05) is 12.4 Å². The van der Waals surface area contributed by atoms with Gasteiger partial charge in [-0.2, -0.15) is 0 Å². The molecule has 2 fully saturated rings. The predicted octanol–water partition coefficient (Wildman–Crippen LogP) is 3.12. The molecular weight excluding hydrogens is 510 g/mol. The molecule has 2 aromatic carbocycles. The Morgan fingerprint density at radius 1 is 1.08 bits per heavy atom. The molecule has 204 valence electrons. The monoisotopic (exact) mass is 543 g/mol. The maximum Gasteiger partial charge on any atom is 0.341 e. The van der Waals surface area contributed by atoms with Crippen LogP contribution in [0, 0.1) is 16.7 Å². The summed E-state index contributed by atoms with van der Waals surface area (Å²) in [6.45, 7) is 3.41. The summed E-state index contributed by atoms with van der Waals surface area (Å²) < 4.78 is 40.0. The standard InChI is InChI=1S/C28H33NO8S/c1-27(2)21-12-13-28(27,24(30)15-21)18-38(34,35)29-23(26(33)37-16-20-6-4-3-5-7-20)14-19-8-10-22(11-9-19)36-17-25(31)32/h3-11,21,23,29H,12-18H2,1-2H3,(H,31,32)/t21?,23-,28-/m0/s1. The van der Waals surface area contributed by atoms with Gasteiger partial charge in [0.25, 0.3) is 0 Å². The number of ketones is 1. The Morgan fingerprint density at radius 3 is 2.34 bits per heavy atom. The normalized spacial score (nSPS) is 22.7. The number of ether oxygens (including phenoxy) is 2. The number of hydrogen-bond donors (Lipinski definition) is 2. The largest absolute Gasteiger partial charge is 0.482 e. The van der Waals surface area contributed by atoms with E-state index in [0.717, 1.165) is 12.0 Å². The second kappa shape index (κ2) is 10.9. The maximum absolute atomic E-state index is 13.4. The van der Waals surface area contributed by atoms with Gasteiger partial charge in [0, 0.05) is 11.8 Å². The minimum atomic E-state index is -4.05. The molecule has 10 heteroatoms. The number of nitrogens with one attached hydrogen (secondary N) is 1. The van der Waals surface area contributed by atoms with Gasteiger partial charge in [0.15, 0.2) is 6.61 Å². The molecule has 4 rings (SSSR count). The van der Waals surface area contributed by atoms with Gasteiger partial charge in [-0.05, 0) is 53.9 Å². The topological polar surface area (TPSA) is 136 Å². The van der Waals surface area contributed by atoms with Gasteiger partial charge in [-0.1, -0.05) is 56.3 Å². The molecule has 2 aliphatic carbocycles. The van der Waals surface area contributed by atoms with E-state index in [-0.39, 0.29) is 30.5 Å². The molecule has 38 heavy (non-hydrogen) atoms. The SMILES string of the molecule is CC1(C)C2CC[C@]1(CS(=O)(=O)N[C@@H](Cc1ccc(OCC(=O)O)cc1)C(=O)OCc1ccccc1)C(=O)C2. The van der Waals surface area contributed by atoms with Gasteiger partial charge in [0.1, 0.15) is 24.2 Å².